The van der Waals surface area contributed by atoms with Crippen LogP contribution in [-0.2, 0) is 16.1 Å². The molecule has 0 saturated carbocycles. The van der Waals surface area contributed by atoms with Crippen LogP contribution in [0.3, 0.4) is 0 Å². The van der Waals surface area contributed by atoms with E-state index in [4.69, 9.17) is 9.47 Å². The lowest BCUT2D eigenvalue weighted by Gasteiger charge is -2.33. The minimum Gasteiger partial charge on any atom is -0.445 e. The Labute approximate surface area is 226 Å². The van der Waals surface area contributed by atoms with Gasteiger partial charge in [0, 0.05) is 43.9 Å². The van der Waals surface area contributed by atoms with E-state index < -0.39 is 11.7 Å². The maximum atomic E-state index is 13.0. The van der Waals surface area contributed by atoms with Gasteiger partial charge in [-0.1, -0.05) is 42.5 Å². The van der Waals surface area contributed by atoms with Crippen LogP contribution in [0.25, 0.3) is 0 Å². The van der Waals surface area contributed by atoms with E-state index in [9.17, 15) is 14.4 Å². The summed E-state index contributed by atoms with van der Waals surface area (Å²) in [6, 6.07) is 17.1. The third-order valence-corrected chi connectivity index (χ3v) is 6.42. The third kappa shape index (κ3) is 10.1. The number of Topliss-reactive ketones (excluding diaryl/α,β-unsaturated/α-hetero) is 1. The number of benzene rings is 2. The number of rotatable bonds is 11. The number of ether oxygens (including phenoxy) is 2. The lowest BCUT2D eigenvalue weighted by atomic mass is 9.90. The predicted molar refractivity (Wildman–Crippen MR) is 148 cm³/mol. The molecule has 2 aromatic carbocycles. The predicted octanol–water partition coefficient (Wildman–Crippen LogP) is 6.03. The molecule has 206 valence electrons. The van der Waals surface area contributed by atoms with Gasteiger partial charge in [0.15, 0.2) is 5.78 Å². The highest BCUT2D eigenvalue weighted by molar-refractivity contribution is 6.01. The van der Waals surface area contributed by atoms with Gasteiger partial charge in [-0.15, -0.1) is 0 Å². The number of carbonyl (C=O) groups excluding carboxylic acids is 3. The van der Waals surface area contributed by atoms with Crippen LogP contribution in [0, 0.1) is 5.92 Å². The van der Waals surface area contributed by atoms with Gasteiger partial charge in [0.2, 0.25) is 0 Å². The van der Waals surface area contributed by atoms with Crippen molar-refractivity contribution in [3.63, 3.8) is 0 Å². The Morgan fingerprint density at radius 1 is 0.947 bits per heavy atom. The monoisotopic (exact) mass is 523 g/mol. The fraction of sp³-hybridized carbons (Fsp3) is 0.500. The van der Waals surface area contributed by atoms with E-state index in [1.165, 1.54) is 0 Å². The van der Waals surface area contributed by atoms with Crippen molar-refractivity contribution in [3.05, 3.63) is 65.7 Å². The number of hydrogen-bond acceptors (Lipinski definition) is 6. The molecule has 0 bridgehead atoms. The van der Waals surface area contributed by atoms with Gasteiger partial charge in [-0.05, 0) is 70.1 Å². The van der Waals surface area contributed by atoms with E-state index in [0.29, 0.717) is 50.5 Å². The molecule has 1 aliphatic rings. The minimum atomic E-state index is -0.493. The number of alkyl carbamates (subject to hydrolysis) is 1. The van der Waals surface area contributed by atoms with Crippen LogP contribution in [0.5, 0.6) is 0 Å². The SMILES string of the molecule is CC(C)(C)OC(=O)N1CCC(CCC(=O)c2ccccc2NCCCNC(=O)OCc2ccccc2)CC1. The second kappa shape index (κ2) is 14.4. The number of nitrogens with zero attached hydrogens (tertiary/aromatic N) is 1. The first kappa shape index (κ1) is 29.0. The van der Waals surface area contributed by atoms with E-state index in [2.05, 4.69) is 10.6 Å². The largest absolute Gasteiger partial charge is 0.445 e. The van der Waals surface area contributed by atoms with Crippen LogP contribution in [0.1, 0.15) is 68.8 Å². The highest BCUT2D eigenvalue weighted by atomic mass is 16.6. The zero-order valence-electron chi connectivity index (χ0n) is 22.8. The van der Waals surface area contributed by atoms with Gasteiger partial charge >= 0.3 is 12.2 Å². The molecule has 2 amide bonds. The van der Waals surface area contributed by atoms with Gasteiger partial charge in [-0.2, -0.15) is 0 Å². The number of para-hydroxylation sites is 1. The molecule has 8 heteroatoms. The first-order chi connectivity index (χ1) is 18.2. The molecule has 1 fully saturated rings. The third-order valence-electron chi connectivity index (χ3n) is 6.42. The van der Waals surface area contributed by atoms with Crippen molar-refractivity contribution in [3.8, 4) is 0 Å². The summed E-state index contributed by atoms with van der Waals surface area (Å²) in [6.07, 6.45) is 3.04. The lowest BCUT2D eigenvalue weighted by molar-refractivity contribution is 0.0180. The summed E-state index contributed by atoms with van der Waals surface area (Å²) in [5.41, 5.74) is 1.95. The summed E-state index contributed by atoms with van der Waals surface area (Å²) in [7, 11) is 0. The minimum absolute atomic E-state index is 0.116. The Bertz CT molecular complexity index is 1040. The first-order valence-electron chi connectivity index (χ1n) is 13.5. The van der Waals surface area contributed by atoms with E-state index in [1.807, 2.05) is 75.4 Å². The summed E-state index contributed by atoms with van der Waals surface area (Å²) in [6.45, 7) is 8.28. The van der Waals surface area contributed by atoms with Crippen LogP contribution in [0.2, 0.25) is 0 Å². The second-order valence-corrected chi connectivity index (χ2v) is 10.7. The van der Waals surface area contributed by atoms with Crippen molar-refractivity contribution >= 4 is 23.7 Å². The Hall–Kier alpha value is -3.55. The lowest BCUT2D eigenvalue weighted by Crippen LogP contribution is -2.41. The maximum absolute atomic E-state index is 13.0. The van der Waals surface area contributed by atoms with E-state index in [-0.39, 0.29) is 18.5 Å². The molecular formula is C30H41N3O5. The average Bonchev–Trinajstić information content (AvgIpc) is 2.90. The Morgan fingerprint density at radius 2 is 1.63 bits per heavy atom. The standard InChI is InChI=1S/C30H41N3O5/c1-30(2,3)38-29(36)33-20-16-23(17-21-33)14-15-27(34)25-12-7-8-13-26(25)31-18-9-19-32-28(35)37-22-24-10-5-4-6-11-24/h4-8,10-13,23,31H,9,14-22H2,1-3H3,(H,32,35). The van der Waals surface area contributed by atoms with Crippen molar-refractivity contribution in [2.75, 3.05) is 31.5 Å². The zero-order chi connectivity index (χ0) is 27.4. The zero-order valence-corrected chi connectivity index (χ0v) is 22.8. The Morgan fingerprint density at radius 3 is 2.34 bits per heavy atom. The first-order valence-corrected chi connectivity index (χ1v) is 13.5. The quantitative estimate of drug-likeness (QED) is 0.276. The highest BCUT2D eigenvalue weighted by Gasteiger charge is 2.27. The molecule has 38 heavy (non-hydrogen) atoms. The Kier molecular flexibility index (Phi) is 11.0. The number of nitrogens with one attached hydrogen (secondary N) is 2. The Balaban J connectivity index is 1.34. The van der Waals surface area contributed by atoms with Crippen LogP contribution in [0.15, 0.2) is 54.6 Å². The molecular weight excluding hydrogens is 482 g/mol. The van der Waals surface area contributed by atoms with E-state index in [0.717, 1.165) is 30.5 Å². The van der Waals surface area contributed by atoms with Gasteiger partial charge in [0.05, 0.1) is 0 Å². The van der Waals surface area contributed by atoms with Crippen LogP contribution in [-0.4, -0.2) is 54.6 Å². The summed E-state index contributed by atoms with van der Waals surface area (Å²) in [5, 5.41) is 6.08. The molecule has 0 spiro atoms. The summed E-state index contributed by atoms with van der Waals surface area (Å²) in [5.74, 6) is 0.538. The molecule has 0 unspecified atom stereocenters. The number of hydrogen-bond donors (Lipinski definition) is 2. The van der Waals surface area contributed by atoms with Crippen molar-refractivity contribution in [2.45, 2.75) is 65.1 Å². The van der Waals surface area contributed by atoms with Crippen molar-refractivity contribution in [2.24, 2.45) is 5.92 Å². The maximum Gasteiger partial charge on any atom is 0.410 e. The smallest absolute Gasteiger partial charge is 0.410 e. The summed E-state index contributed by atoms with van der Waals surface area (Å²) < 4.78 is 10.7. The fourth-order valence-corrected chi connectivity index (χ4v) is 4.36. The molecule has 3 rings (SSSR count). The average molecular weight is 524 g/mol. The van der Waals surface area contributed by atoms with Crippen LogP contribution < -0.4 is 10.6 Å². The number of piperidine rings is 1. The van der Waals surface area contributed by atoms with Gasteiger partial charge in [0.25, 0.3) is 0 Å². The highest BCUT2D eigenvalue weighted by Crippen LogP contribution is 2.25. The van der Waals surface area contributed by atoms with Crippen LogP contribution in [0.4, 0.5) is 15.3 Å². The van der Waals surface area contributed by atoms with Gasteiger partial charge in [-0.25, -0.2) is 9.59 Å². The fourth-order valence-electron chi connectivity index (χ4n) is 4.36. The van der Waals surface area contributed by atoms with Gasteiger partial charge in [0.1, 0.15) is 12.2 Å². The summed E-state index contributed by atoms with van der Waals surface area (Å²) >= 11 is 0. The topological polar surface area (TPSA) is 97.0 Å². The van der Waals surface area contributed by atoms with Gasteiger partial charge in [-0.3, -0.25) is 4.79 Å². The van der Waals surface area contributed by atoms with Crippen LogP contribution >= 0.6 is 0 Å². The molecule has 0 radical (unpaired) electrons. The van der Waals surface area contributed by atoms with E-state index >= 15 is 0 Å². The number of likely N-dealkylation sites (tertiary alicyclic amines) is 1. The molecule has 2 aromatic rings. The number of carbonyl (C=O) groups is 3. The number of ketones is 1. The molecule has 1 aliphatic heterocycles. The molecule has 2 N–H and O–H groups in total. The molecule has 1 heterocycles. The van der Waals surface area contributed by atoms with Gasteiger partial charge < -0.3 is 25.0 Å². The number of amides is 2. The van der Waals surface area contributed by atoms with Crippen molar-refractivity contribution in [1.29, 1.82) is 0 Å². The molecule has 0 atom stereocenters. The molecule has 0 aromatic heterocycles. The second-order valence-electron chi connectivity index (χ2n) is 10.7. The van der Waals surface area contributed by atoms with E-state index in [1.54, 1.807) is 4.90 Å². The molecule has 1 saturated heterocycles. The molecule has 8 nitrogen and oxygen atoms in total. The van der Waals surface area contributed by atoms with Crippen molar-refractivity contribution in [1.82, 2.24) is 10.2 Å². The summed E-state index contributed by atoms with van der Waals surface area (Å²) in [4.78, 5) is 38.9. The number of anilines is 1. The normalized spacial score (nSPS) is 14.0. The van der Waals surface area contributed by atoms with Crippen molar-refractivity contribution < 1.29 is 23.9 Å². The molecule has 0 aliphatic carbocycles.